The Morgan fingerprint density at radius 3 is 2.64 bits per heavy atom. The molecule has 0 N–H and O–H groups in total. The van der Waals surface area contributed by atoms with Crippen LogP contribution >= 0.6 is 0 Å². The summed E-state index contributed by atoms with van der Waals surface area (Å²) in [7, 11) is 1.49. The van der Waals surface area contributed by atoms with Gasteiger partial charge in [-0.25, -0.2) is 0 Å². The van der Waals surface area contributed by atoms with Crippen LogP contribution in [0.2, 0.25) is 0 Å². The van der Waals surface area contributed by atoms with Crippen LogP contribution in [0, 0.1) is 11.3 Å². The van der Waals surface area contributed by atoms with Crippen LogP contribution in [0.25, 0.3) is 0 Å². The lowest BCUT2D eigenvalue weighted by molar-refractivity contribution is -0.205. The standard InChI is InChI=1S/C20H30O5/c1-22-17(21)9-13-5-6-16-19(10-13)11-14(23-16)18-15(12-19)24-20(25-18)7-3-2-4-8-20/h13-16,18H,2-12H2,1H3/t13?,14-,15-,16?,18+,19?/m1/s1. The molecule has 2 saturated heterocycles. The fraction of sp³-hybridized carbons (Fsp3) is 0.950. The van der Waals surface area contributed by atoms with Crippen molar-refractivity contribution < 1.29 is 23.7 Å². The molecule has 5 fully saturated rings. The van der Waals surface area contributed by atoms with Crippen molar-refractivity contribution in [1.82, 2.24) is 0 Å². The zero-order valence-electron chi connectivity index (χ0n) is 15.2. The summed E-state index contributed by atoms with van der Waals surface area (Å²) in [4.78, 5) is 11.7. The summed E-state index contributed by atoms with van der Waals surface area (Å²) in [6, 6.07) is 0. The molecule has 0 amide bonds. The van der Waals surface area contributed by atoms with Crippen molar-refractivity contribution in [1.29, 1.82) is 0 Å². The molecule has 0 aromatic rings. The summed E-state index contributed by atoms with van der Waals surface area (Å²) in [5, 5.41) is 0. The van der Waals surface area contributed by atoms with Crippen LogP contribution in [0.5, 0.6) is 0 Å². The Kier molecular flexibility index (Phi) is 3.92. The number of esters is 1. The van der Waals surface area contributed by atoms with Crippen molar-refractivity contribution in [2.45, 2.75) is 101 Å². The number of hydrogen-bond acceptors (Lipinski definition) is 5. The Hall–Kier alpha value is -0.650. The van der Waals surface area contributed by atoms with Gasteiger partial charge in [-0.3, -0.25) is 4.79 Å². The van der Waals surface area contributed by atoms with Crippen LogP contribution in [-0.2, 0) is 23.7 Å². The van der Waals surface area contributed by atoms with E-state index in [0.717, 1.165) is 44.9 Å². The predicted octanol–water partition coefficient (Wildman–Crippen LogP) is 3.34. The molecule has 3 aliphatic carbocycles. The van der Waals surface area contributed by atoms with Crippen molar-refractivity contribution >= 4 is 5.97 Å². The minimum absolute atomic E-state index is 0.0781. The summed E-state index contributed by atoms with van der Waals surface area (Å²) in [5.41, 5.74) is 0.187. The molecule has 5 nitrogen and oxygen atoms in total. The van der Waals surface area contributed by atoms with Gasteiger partial charge in [-0.15, -0.1) is 0 Å². The summed E-state index contributed by atoms with van der Waals surface area (Å²) in [6.07, 6.45) is 12.5. The SMILES string of the molecule is COC(=O)CC1CCC2O[C@@H]3CC2(C1)C[C@H]1OC2(CCCCC2)O[C@@H]31. The number of rotatable bonds is 2. The van der Waals surface area contributed by atoms with Gasteiger partial charge in [-0.05, 0) is 50.9 Å². The quantitative estimate of drug-likeness (QED) is 0.715. The number of carbonyl (C=O) groups is 1. The Balaban J connectivity index is 1.33. The molecule has 3 saturated carbocycles. The van der Waals surface area contributed by atoms with Gasteiger partial charge in [0.2, 0.25) is 0 Å². The lowest BCUT2D eigenvalue weighted by Gasteiger charge is -2.44. The first kappa shape index (κ1) is 16.5. The van der Waals surface area contributed by atoms with Gasteiger partial charge in [0.25, 0.3) is 0 Å². The van der Waals surface area contributed by atoms with Gasteiger partial charge in [-0.1, -0.05) is 6.42 Å². The van der Waals surface area contributed by atoms with Crippen molar-refractivity contribution in [3.63, 3.8) is 0 Å². The second-order valence-corrected chi connectivity index (χ2v) is 9.07. The molecule has 2 spiro atoms. The smallest absolute Gasteiger partial charge is 0.305 e. The monoisotopic (exact) mass is 350 g/mol. The molecule has 2 heterocycles. The maximum absolute atomic E-state index is 11.7. The van der Waals surface area contributed by atoms with Crippen molar-refractivity contribution in [2.24, 2.45) is 11.3 Å². The minimum Gasteiger partial charge on any atom is -0.469 e. The van der Waals surface area contributed by atoms with Gasteiger partial charge >= 0.3 is 5.97 Å². The van der Waals surface area contributed by atoms with E-state index >= 15 is 0 Å². The lowest BCUT2D eigenvalue weighted by Crippen LogP contribution is -2.46. The second-order valence-electron chi connectivity index (χ2n) is 9.07. The topological polar surface area (TPSA) is 54.0 Å². The molecule has 2 bridgehead atoms. The third kappa shape index (κ3) is 2.65. The maximum atomic E-state index is 11.7. The van der Waals surface area contributed by atoms with E-state index in [4.69, 9.17) is 18.9 Å². The highest BCUT2D eigenvalue weighted by molar-refractivity contribution is 5.69. The molecule has 0 radical (unpaired) electrons. The van der Waals surface area contributed by atoms with Crippen molar-refractivity contribution in [3.8, 4) is 0 Å². The number of carbonyl (C=O) groups excluding carboxylic acids is 1. The Morgan fingerprint density at radius 1 is 1.04 bits per heavy atom. The molecule has 5 aliphatic rings. The lowest BCUT2D eigenvalue weighted by atomic mass is 9.61. The van der Waals surface area contributed by atoms with Gasteiger partial charge in [0.05, 0.1) is 25.4 Å². The van der Waals surface area contributed by atoms with Gasteiger partial charge in [0.1, 0.15) is 6.10 Å². The predicted molar refractivity (Wildman–Crippen MR) is 89.9 cm³/mol. The van der Waals surface area contributed by atoms with Crippen LogP contribution in [0.4, 0.5) is 0 Å². The Labute approximate surface area is 149 Å². The first-order chi connectivity index (χ1) is 12.1. The zero-order chi connectivity index (χ0) is 17.1. The number of fused-ring (bicyclic) bond motifs is 3. The van der Waals surface area contributed by atoms with E-state index in [1.807, 2.05) is 0 Å². The fourth-order valence-electron chi connectivity index (χ4n) is 6.47. The Bertz CT molecular complexity index is 542. The molecule has 0 aromatic carbocycles. The van der Waals surface area contributed by atoms with Crippen LogP contribution in [0.3, 0.4) is 0 Å². The van der Waals surface area contributed by atoms with Gasteiger partial charge in [0, 0.05) is 24.7 Å². The first-order valence-corrected chi connectivity index (χ1v) is 10.2. The number of methoxy groups -OCH3 is 1. The van der Waals surface area contributed by atoms with Gasteiger partial charge < -0.3 is 18.9 Å². The Morgan fingerprint density at radius 2 is 1.84 bits per heavy atom. The number of hydrogen-bond donors (Lipinski definition) is 0. The fourth-order valence-corrected chi connectivity index (χ4v) is 6.47. The van der Waals surface area contributed by atoms with Gasteiger partial charge in [-0.2, -0.15) is 0 Å². The molecule has 5 heteroatoms. The van der Waals surface area contributed by atoms with Crippen molar-refractivity contribution in [2.75, 3.05) is 7.11 Å². The van der Waals surface area contributed by atoms with Crippen LogP contribution in [0.1, 0.15) is 70.6 Å². The van der Waals surface area contributed by atoms with E-state index in [0.29, 0.717) is 18.4 Å². The van der Waals surface area contributed by atoms with E-state index in [9.17, 15) is 4.79 Å². The summed E-state index contributed by atoms with van der Waals surface area (Å²) in [5.74, 6) is 0.0207. The number of ether oxygens (including phenoxy) is 4. The molecule has 0 aromatic heterocycles. The average molecular weight is 350 g/mol. The van der Waals surface area contributed by atoms with Crippen molar-refractivity contribution in [3.05, 3.63) is 0 Å². The van der Waals surface area contributed by atoms with E-state index < -0.39 is 0 Å². The van der Waals surface area contributed by atoms with E-state index in [-0.39, 0.29) is 35.5 Å². The van der Waals surface area contributed by atoms with Crippen LogP contribution in [-0.4, -0.2) is 43.3 Å². The minimum atomic E-state index is -0.326. The van der Waals surface area contributed by atoms with Crippen LogP contribution in [0.15, 0.2) is 0 Å². The molecule has 6 atom stereocenters. The van der Waals surface area contributed by atoms with E-state index in [1.54, 1.807) is 0 Å². The average Bonchev–Trinajstić information content (AvgIpc) is 3.11. The maximum Gasteiger partial charge on any atom is 0.305 e. The molecular formula is C20H30O5. The second kappa shape index (κ2) is 5.93. The molecular weight excluding hydrogens is 320 g/mol. The third-order valence-corrected chi connectivity index (χ3v) is 7.52. The summed E-state index contributed by atoms with van der Waals surface area (Å²) < 4.78 is 24.5. The highest BCUT2D eigenvalue weighted by Gasteiger charge is 2.64. The summed E-state index contributed by atoms with van der Waals surface area (Å²) in [6.45, 7) is 0. The highest BCUT2D eigenvalue weighted by atomic mass is 16.8. The molecule has 3 unspecified atom stereocenters. The molecule has 5 rings (SSSR count). The zero-order valence-corrected chi connectivity index (χ0v) is 15.2. The molecule has 25 heavy (non-hydrogen) atoms. The third-order valence-electron chi connectivity index (χ3n) is 7.52. The van der Waals surface area contributed by atoms with E-state index in [1.165, 1.54) is 26.4 Å². The molecule has 2 aliphatic heterocycles. The van der Waals surface area contributed by atoms with E-state index in [2.05, 4.69) is 0 Å². The highest BCUT2D eigenvalue weighted by Crippen LogP contribution is 2.60. The molecule has 140 valence electrons. The summed E-state index contributed by atoms with van der Waals surface area (Å²) >= 11 is 0. The first-order valence-electron chi connectivity index (χ1n) is 10.2. The normalized spacial score (nSPS) is 47.3. The van der Waals surface area contributed by atoms with Crippen LogP contribution < -0.4 is 0 Å². The van der Waals surface area contributed by atoms with Gasteiger partial charge in [0.15, 0.2) is 5.79 Å². The largest absolute Gasteiger partial charge is 0.469 e.